The number of rotatable bonds is 5. The largest absolute Gasteiger partial charge is 0.746 e. The summed E-state index contributed by atoms with van der Waals surface area (Å²) in [6, 6.07) is 15.0. The minimum Gasteiger partial charge on any atom is -0.746 e. The fourth-order valence-electron chi connectivity index (χ4n) is 1.79. The highest BCUT2D eigenvalue weighted by molar-refractivity contribution is 7.86. The molecule has 1 unspecified atom stereocenters. The van der Waals surface area contributed by atoms with E-state index in [2.05, 4.69) is 5.32 Å². The van der Waals surface area contributed by atoms with Crippen molar-refractivity contribution in [3.8, 4) is 5.75 Å². The second-order valence-corrected chi connectivity index (χ2v) is 5.61. The fourth-order valence-corrected chi connectivity index (χ4v) is 2.56. The Balaban J connectivity index is 2.29. The van der Waals surface area contributed by atoms with Crippen LogP contribution in [0.4, 0.5) is 5.69 Å². The monoisotopic (exact) mass is 292 g/mol. The molecule has 0 aliphatic carbocycles. The maximum Gasteiger partial charge on any atom is 0.143 e. The number of benzene rings is 2. The highest BCUT2D eigenvalue weighted by Gasteiger charge is 2.18. The van der Waals surface area contributed by atoms with E-state index in [1.54, 1.807) is 54.6 Å². The van der Waals surface area contributed by atoms with Crippen molar-refractivity contribution in [3.05, 3.63) is 60.2 Å². The highest BCUT2D eigenvalue weighted by atomic mass is 32.2. The first kappa shape index (κ1) is 14.4. The predicted molar refractivity (Wildman–Crippen MR) is 75.5 cm³/mol. The molecular weight excluding hydrogens is 278 g/mol. The van der Waals surface area contributed by atoms with Crippen molar-refractivity contribution in [1.82, 2.24) is 0 Å². The molecule has 0 spiro atoms. The van der Waals surface area contributed by atoms with E-state index in [0.717, 1.165) is 0 Å². The molecule has 0 saturated carbocycles. The SMILES string of the molecule is COc1ccc(NC(c2ccccc2)S(=O)(=O)[O-])cc1. The lowest BCUT2D eigenvalue weighted by Crippen LogP contribution is -2.20. The van der Waals surface area contributed by atoms with Gasteiger partial charge in [-0.1, -0.05) is 30.3 Å². The van der Waals surface area contributed by atoms with E-state index in [0.29, 0.717) is 17.0 Å². The van der Waals surface area contributed by atoms with E-state index < -0.39 is 15.5 Å². The van der Waals surface area contributed by atoms with Gasteiger partial charge in [-0.05, 0) is 29.8 Å². The van der Waals surface area contributed by atoms with Gasteiger partial charge in [0.1, 0.15) is 21.2 Å². The fraction of sp³-hybridized carbons (Fsp3) is 0.143. The van der Waals surface area contributed by atoms with Crippen LogP contribution in [0.3, 0.4) is 0 Å². The average molecular weight is 292 g/mol. The van der Waals surface area contributed by atoms with Gasteiger partial charge in [0.2, 0.25) is 0 Å². The lowest BCUT2D eigenvalue weighted by Gasteiger charge is -2.23. The molecule has 0 aliphatic rings. The molecule has 2 aromatic carbocycles. The summed E-state index contributed by atoms with van der Waals surface area (Å²) in [5.74, 6) is 0.650. The van der Waals surface area contributed by atoms with E-state index in [1.165, 1.54) is 7.11 Å². The molecule has 1 atom stereocenters. The summed E-state index contributed by atoms with van der Waals surface area (Å²) in [5, 5.41) is 1.41. The van der Waals surface area contributed by atoms with Gasteiger partial charge in [-0.3, -0.25) is 0 Å². The Kier molecular flexibility index (Phi) is 4.26. The van der Waals surface area contributed by atoms with E-state index in [-0.39, 0.29) is 0 Å². The standard InChI is InChI=1S/C14H15NO4S/c1-19-13-9-7-12(8-10-13)15-14(20(16,17)18)11-5-3-2-4-6-11/h2-10,14-15H,1H3,(H,16,17,18)/p-1. The molecule has 0 amide bonds. The quantitative estimate of drug-likeness (QED) is 0.856. The normalized spacial score (nSPS) is 12.7. The molecule has 0 aliphatic heterocycles. The lowest BCUT2D eigenvalue weighted by atomic mass is 10.2. The Hall–Kier alpha value is -2.05. The van der Waals surface area contributed by atoms with Crippen LogP contribution in [0, 0.1) is 0 Å². The van der Waals surface area contributed by atoms with Gasteiger partial charge in [-0.15, -0.1) is 0 Å². The third-order valence-corrected chi connectivity index (χ3v) is 3.75. The minimum atomic E-state index is -4.52. The maximum atomic E-state index is 11.4. The van der Waals surface area contributed by atoms with Crippen LogP contribution < -0.4 is 10.1 Å². The van der Waals surface area contributed by atoms with Crippen molar-refractivity contribution < 1.29 is 17.7 Å². The van der Waals surface area contributed by atoms with Crippen LogP contribution in [0.2, 0.25) is 0 Å². The van der Waals surface area contributed by atoms with Gasteiger partial charge in [-0.25, -0.2) is 8.42 Å². The summed E-state index contributed by atoms with van der Waals surface area (Å²) in [7, 11) is -2.99. The van der Waals surface area contributed by atoms with Crippen molar-refractivity contribution in [1.29, 1.82) is 0 Å². The van der Waals surface area contributed by atoms with E-state index in [1.807, 2.05) is 0 Å². The molecule has 2 aromatic rings. The summed E-state index contributed by atoms with van der Waals surface area (Å²) >= 11 is 0. The topological polar surface area (TPSA) is 78.5 Å². The van der Waals surface area contributed by atoms with Gasteiger partial charge in [0.25, 0.3) is 0 Å². The van der Waals surface area contributed by atoms with Crippen molar-refractivity contribution >= 4 is 15.8 Å². The van der Waals surface area contributed by atoms with E-state index in [4.69, 9.17) is 4.74 Å². The van der Waals surface area contributed by atoms with Crippen LogP contribution in [-0.2, 0) is 10.1 Å². The highest BCUT2D eigenvalue weighted by Crippen LogP contribution is 2.25. The van der Waals surface area contributed by atoms with Crippen molar-refractivity contribution in [2.75, 3.05) is 12.4 Å². The molecule has 0 saturated heterocycles. The average Bonchev–Trinajstić information content (AvgIpc) is 2.45. The molecule has 0 aromatic heterocycles. The molecular formula is C14H14NO4S-. The molecule has 20 heavy (non-hydrogen) atoms. The first-order valence-electron chi connectivity index (χ1n) is 5.91. The molecule has 2 rings (SSSR count). The van der Waals surface area contributed by atoms with Crippen LogP contribution in [0.25, 0.3) is 0 Å². The van der Waals surface area contributed by atoms with Crippen molar-refractivity contribution in [3.63, 3.8) is 0 Å². The van der Waals surface area contributed by atoms with Crippen molar-refractivity contribution in [2.24, 2.45) is 0 Å². The van der Waals surface area contributed by atoms with Gasteiger partial charge >= 0.3 is 0 Å². The summed E-state index contributed by atoms with van der Waals surface area (Å²) in [6.07, 6.45) is 0. The van der Waals surface area contributed by atoms with Crippen LogP contribution in [0.1, 0.15) is 10.9 Å². The molecule has 0 fully saturated rings. The zero-order valence-electron chi connectivity index (χ0n) is 10.8. The van der Waals surface area contributed by atoms with Crippen LogP contribution in [-0.4, -0.2) is 20.1 Å². The molecule has 0 heterocycles. The zero-order valence-corrected chi connectivity index (χ0v) is 11.6. The molecule has 106 valence electrons. The Labute approximate surface area is 118 Å². The van der Waals surface area contributed by atoms with Gasteiger partial charge in [-0.2, -0.15) is 0 Å². The summed E-state index contributed by atoms with van der Waals surface area (Å²) < 4.78 is 39.3. The van der Waals surface area contributed by atoms with Crippen molar-refractivity contribution in [2.45, 2.75) is 5.37 Å². The second-order valence-electron chi connectivity index (χ2n) is 4.16. The Morgan fingerprint density at radius 1 is 1.05 bits per heavy atom. The van der Waals surface area contributed by atoms with Gasteiger partial charge in [0, 0.05) is 5.69 Å². The molecule has 0 radical (unpaired) electrons. The first-order chi connectivity index (χ1) is 9.50. The number of ether oxygens (including phenoxy) is 1. The number of nitrogens with one attached hydrogen (secondary N) is 1. The summed E-state index contributed by atoms with van der Waals surface area (Å²) in [5.41, 5.74) is 0.928. The van der Waals surface area contributed by atoms with Crippen LogP contribution in [0.5, 0.6) is 5.75 Å². The first-order valence-corrected chi connectivity index (χ1v) is 7.38. The molecule has 0 bridgehead atoms. The number of hydrogen-bond donors (Lipinski definition) is 1. The zero-order chi connectivity index (χ0) is 14.6. The van der Waals surface area contributed by atoms with E-state index >= 15 is 0 Å². The number of hydrogen-bond acceptors (Lipinski definition) is 5. The van der Waals surface area contributed by atoms with Crippen LogP contribution in [0.15, 0.2) is 54.6 Å². The smallest absolute Gasteiger partial charge is 0.143 e. The molecule has 6 heteroatoms. The number of anilines is 1. The maximum absolute atomic E-state index is 11.4. The van der Waals surface area contributed by atoms with Gasteiger partial charge in [0.05, 0.1) is 7.11 Å². The second kappa shape index (κ2) is 5.94. The predicted octanol–water partition coefficient (Wildman–Crippen LogP) is 2.35. The number of methoxy groups -OCH3 is 1. The minimum absolute atomic E-state index is 0.401. The van der Waals surface area contributed by atoms with Crippen LogP contribution >= 0.6 is 0 Å². The third kappa shape index (κ3) is 3.49. The molecule has 1 N–H and O–H groups in total. The molecule has 5 nitrogen and oxygen atoms in total. The van der Waals surface area contributed by atoms with Gasteiger partial charge < -0.3 is 14.6 Å². The Morgan fingerprint density at radius 3 is 2.15 bits per heavy atom. The van der Waals surface area contributed by atoms with E-state index in [9.17, 15) is 13.0 Å². The lowest BCUT2D eigenvalue weighted by molar-refractivity contribution is 0.415. The Bertz CT molecular complexity index is 653. The third-order valence-electron chi connectivity index (χ3n) is 2.78. The summed E-state index contributed by atoms with van der Waals surface area (Å²) in [6.45, 7) is 0. The van der Waals surface area contributed by atoms with Gasteiger partial charge in [0.15, 0.2) is 0 Å². The Morgan fingerprint density at radius 2 is 1.65 bits per heavy atom. The summed E-state index contributed by atoms with van der Waals surface area (Å²) in [4.78, 5) is 0.